The Kier molecular flexibility index (Phi) is 6.17. The standard InChI is InChI=1S/C14H22BrNO/c1-14(2,11-15)12-16(8-9-17)10-13-6-4-3-5-7-13/h3-7,17H,8-12H2,1-2H3. The molecule has 0 unspecified atom stereocenters. The molecule has 0 atom stereocenters. The smallest absolute Gasteiger partial charge is 0.0558 e. The molecule has 0 fully saturated rings. The van der Waals surface area contributed by atoms with Crippen molar-refractivity contribution in [3.63, 3.8) is 0 Å². The maximum Gasteiger partial charge on any atom is 0.0558 e. The van der Waals surface area contributed by atoms with E-state index >= 15 is 0 Å². The summed E-state index contributed by atoms with van der Waals surface area (Å²) in [5.41, 5.74) is 1.52. The molecule has 3 heteroatoms. The van der Waals surface area contributed by atoms with Gasteiger partial charge in [-0.2, -0.15) is 0 Å². The molecule has 96 valence electrons. The van der Waals surface area contributed by atoms with E-state index in [0.717, 1.165) is 25.0 Å². The Morgan fingerprint density at radius 1 is 1.24 bits per heavy atom. The number of aliphatic hydroxyl groups excluding tert-OH is 1. The van der Waals surface area contributed by atoms with Crippen LogP contribution >= 0.6 is 15.9 Å². The van der Waals surface area contributed by atoms with E-state index < -0.39 is 0 Å². The van der Waals surface area contributed by atoms with Crippen LogP contribution in [-0.2, 0) is 6.54 Å². The van der Waals surface area contributed by atoms with Crippen molar-refractivity contribution in [2.75, 3.05) is 25.0 Å². The lowest BCUT2D eigenvalue weighted by molar-refractivity contribution is 0.148. The maximum absolute atomic E-state index is 9.13. The average molecular weight is 300 g/mol. The number of hydrogen-bond acceptors (Lipinski definition) is 2. The van der Waals surface area contributed by atoms with E-state index in [9.17, 15) is 0 Å². The maximum atomic E-state index is 9.13. The molecule has 0 aliphatic carbocycles. The molecule has 0 aliphatic rings. The fraction of sp³-hybridized carbons (Fsp3) is 0.571. The van der Waals surface area contributed by atoms with E-state index in [4.69, 9.17) is 5.11 Å². The van der Waals surface area contributed by atoms with Crippen LogP contribution in [-0.4, -0.2) is 35.0 Å². The summed E-state index contributed by atoms with van der Waals surface area (Å²) in [6.45, 7) is 7.29. The van der Waals surface area contributed by atoms with E-state index in [1.165, 1.54) is 5.56 Å². The average Bonchev–Trinajstić information content (AvgIpc) is 2.30. The minimum absolute atomic E-state index is 0.213. The molecule has 0 amide bonds. The fourth-order valence-electron chi connectivity index (χ4n) is 1.84. The summed E-state index contributed by atoms with van der Waals surface area (Å²) in [5.74, 6) is 0. The van der Waals surface area contributed by atoms with Crippen molar-refractivity contribution in [1.29, 1.82) is 0 Å². The predicted molar refractivity (Wildman–Crippen MR) is 76.4 cm³/mol. The first kappa shape index (κ1) is 14.7. The minimum atomic E-state index is 0.213. The Morgan fingerprint density at radius 3 is 2.41 bits per heavy atom. The molecular formula is C14H22BrNO. The van der Waals surface area contributed by atoms with E-state index in [1.54, 1.807) is 0 Å². The number of aliphatic hydroxyl groups is 1. The zero-order chi connectivity index (χ0) is 12.7. The Morgan fingerprint density at radius 2 is 1.88 bits per heavy atom. The topological polar surface area (TPSA) is 23.5 Å². The van der Waals surface area contributed by atoms with Gasteiger partial charge in [-0.25, -0.2) is 0 Å². The molecule has 0 saturated heterocycles. The van der Waals surface area contributed by atoms with E-state index in [1.807, 2.05) is 6.07 Å². The van der Waals surface area contributed by atoms with Crippen LogP contribution < -0.4 is 0 Å². The lowest BCUT2D eigenvalue weighted by Crippen LogP contribution is -2.36. The summed E-state index contributed by atoms with van der Waals surface area (Å²) in [4.78, 5) is 2.30. The van der Waals surface area contributed by atoms with Gasteiger partial charge in [0.2, 0.25) is 0 Å². The van der Waals surface area contributed by atoms with Gasteiger partial charge in [0, 0.05) is 25.0 Å². The van der Waals surface area contributed by atoms with Gasteiger partial charge in [0.15, 0.2) is 0 Å². The minimum Gasteiger partial charge on any atom is -0.395 e. The zero-order valence-corrected chi connectivity index (χ0v) is 12.3. The third-order valence-corrected chi connectivity index (χ3v) is 4.20. The lowest BCUT2D eigenvalue weighted by atomic mass is 9.95. The van der Waals surface area contributed by atoms with Crippen LogP contribution in [0.3, 0.4) is 0 Å². The largest absolute Gasteiger partial charge is 0.395 e. The van der Waals surface area contributed by atoms with Crippen molar-refractivity contribution in [3.8, 4) is 0 Å². The van der Waals surface area contributed by atoms with Crippen LogP contribution in [0, 0.1) is 5.41 Å². The van der Waals surface area contributed by atoms with Gasteiger partial charge in [-0.15, -0.1) is 0 Å². The molecule has 1 aromatic carbocycles. The second-order valence-electron chi connectivity index (χ2n) is 5.22. The lowest BCUT2D eigenvalue weighted by Gasteiger charge is -2.31. The molecule has 0 bridgehead atoms. The van der Waals surface area contributed by atoms with E-state index in [-0.39, 0.29) is 12.0 Å². The molecule has 1 rings (SSSR count). The molecule has 0 saturated carbocycles. The molecule has 0 aliphatic heterocycles. The monoisotopic (exact) mass is 299 g/mol. The van der Waals surface area contributed by atoms with Gasteiger partial charge in [-0.1, -0.05) is 60.1 Å². The molecule has 1 N–H and O–H groups in total. The second kappa shape index (κ2) is 7.14. The molecule has 0 spiro atoms. The van der Waals surface area contributed by atoms with Crippen molar-refractivity contribution < 1.29 is 5.11 Å². The first-order chi connectivity index (χ1) is 8.07. The molecular weight excluding hydrogens is 278 g/mol. The Labute approximate surface area is 113 Å². The highest BCUT2D eigenvalue weighted by molar-refractivity contribution is 9.09. The Hall–Kier alpha value is -0.380. The van der Waals surface area contributed by atoms with Crippen molar-refractivity contribution in [2.45, 2.75) is 20.4 Å². The van der Waals surface area contributed by atoms with Crippen molar-refractivity contribution in [1.82, 2.24) is 4.90 Å². The number of nitrogens with zero attached hydrogens (tertiary/aromatic N) is 1. The Balaban J connectivity index is 2.60. The summed E-state index contributed by atoms with van der Waals surface area (Å²) >= 11 is 3.55. The number of rotatable bonds is 7. The summed E-state index contributed by atoms with van der Waals surface area (Å²) in [6, 6.07) is 10.4. The molecule has 0 heterocycles. The highest BCUT2D eigenvalue weighted by Gasteiger charge is 2.20. The van der Waals surface area contributed by atoms with Crippen LogP contribution in [0.1, 0.15) is 19.4 Å². The third kappa shape index (κ3) is 5.66. The molecule has 1 aromatic rings. The van der Waals surface area contributed by atoms with Gasteiger partial charge in [0.05, 0.1) is 6.61 Å². The number of hydrogen-bond donors (Lipinski definition) is 1. The van der Waals surface area contributed by atoms with Gasteiger partial charge in [0.25, 0.3) is 0 Å². The number of alkyl halides is 1. The second-order valence-corrected chi connectivity index (χ2v) is 5.78. The predicted octanol–water partition coefficient (Wildman–Crippen LogP) is 2.90. The number of halogens is 1. The zero-order valence-electron chi connectivity index (χ0n) is 10.7. The number of benzene rings is 1. The van der Waals surface area contributed by atoms with Crippen LogP contribution in [0.15, 0.2) is 30.3 Å². The van der Waals surface area contributed by atoms with Crippen molar-refractivity contribution in [3.05, 3.63) is 35.9 Å². The van der Waals surface area contributed by atoms with E-state index in [0.29, 0.717) is 0 Å². The van der Waals surface area contributed by atoms with E-state index in [2.05, 4.69) is 58.9 Å². The van der Waals surface area contributed by atoms with Crippen LogP contribution in [0.2, 0.25) is 0 Å². The van der Waals surface area contributed by atoms with Gasteiger partial charge in [-0.3, -0.25) is 4.90 Å². The molecule has 0 aromatic heterocycles. The highest BCUT2D eigenvalue weighted by atomic mass is 79.9. The van der Waals surface area contributed by atoms with Crippen molar-refractivity contribution >= 4 is 15.9 Å². The third-order valence-electron chi connectivity index (χ3n) is 2.68. The van der Waals surface area contributed by atoms with Crippen LogP contribution in [0.4, 0.5) is 0 Å². The van der Waals surface area contributed by atoms with Gasteiger partial charge >= 0.3 is 0 Å². The van der Waals surface area contributed by atoms with Crippen molar-refractivity contribution in [2.24, 2.45) is 5.41 Å². The van der Waals surface area contributed by atoms with Gasteiger partial charge in [0.1, 0.15) is 0 Å². The SMILES string of the molecule is CC(C)(CBr)CN(CCO)Cc1ccccc1. The van der Waals surface area contributed by atoms with Crippen LogP contribution in [0.25, 0.3) is 0 Å². The highest BCUT2D eigenvalue weighted by Crippen LogP contribution is 2.20. The summed E-state index contributed by atoms with van der Waals surface area (Å²) in [7, 11) is 0. The summed E-state index contributed by atoms with van der Waals surface area (Å²) < 4.78 is 0. The quantitative estimate of drug-likeness (QED) is 0.783. The van der Waals surface area contributed by atoms with Gasteiger partial charge in [-0.05, 0) is 11.0 Å². The van der Waals surface area contributed by atoms with Gasteiger partial charge < -0.3 is 5.11 Å². The first-order valence-electron chi connectivity index (χ1n) is 6.00. The fourth-order valence-corrected chi connectivity index (χ4v) is 2.02. The summed E-state index contributed by atoms with van der Waals surface area (Å²) in [5, 5.41) is 10.1. The first-order valence-corrected chi connectivity index (χ1v) is 7.12. The van der Waals surface area contributed by atoms with Crippen LogP contribution in [0.5, 0.6) is 0 Å². The molecule has 2 nitrogen and oxygen atoms in total. The molecule has 17 heavy (non-hydrogen) atoms. The Bertz CT molecular complexity index is 313. The molecule has 0 radical (unpaired) electrons. The normalized spacial score (nSPS) is 12.1. The summed E-state index contributed by atoms with van der Waals surface area (Å²) in [6.07, 6.45) is 0.